The molecule has 102 valence electrons. The van der Waals surface area contributed by atoms with Crippen LogP contribution < -0.4 is 4.90 Å². The highest BCUT2D eigenvalue weighted by atomic mass is 16.5. The number of carboxylic acid groups (broad SMARTS) is 1. The number of rotatable bonds is 5. The maximum Gasteiger partial charge on any atom is 0.335 e. The Morgan fingerprint density at radius 2 is 2.00 bits per heavy atom. The summed E-state index contributed by atoms with van der Waals surface area (Å²) in [5.41, 5.74) is 1.40. The Morgan fingerprint density at radius 3 is 2.53 bits per heavy atom. The molecule has 0 unspecified atom stereocenters. The van der Waals surface area contributed by atoms with E-state index in [4.69, 9.17) is 9.84 Å². The molecule has 0 aromatic heterocycles. The van der Waals surface area contributed by atoms with Crippen LogP contribution in [0.15, 0.2) is 36.9 Å². The summed E-state index contributed by atoms with van der Waals surface area (Å²) in [5, 5.41) is 8.86. The third kappa shape index (κ3) is 3.58. The molecule has 0 spiro atoms. The van der Waals surface area contributed by atoms with Crippen molar-refractivity contribution in [3.8, 4) is 0 Å². The summed E-state index contributed by atoms with van der Waals surface area (Å²) in [7, 11) is 0. The van der Waals surface area contributed by atoms with E-state index in [9.17, 15) is 4.79 Å². The Balaban J connectivity index is 1.90. The molecule has 0 atom stereocenters. The van der Waals surface area contributed by atoms with E-state index in [0.29, 0.717) is 18.3 Å². The molecular weight excluding hydrogens is 242 g/mol. The van der Waals surface area contributed by atoms with Crippen LogP contribution in [0.2, 0.25) is 0 Å². The molecule has 0 bridgehead atoms. The number of piperidine rings is 1. The standard InChI is InChI=1S/C15H19NO3/c1-2-11-19-14-7-9-16(10-8-14)13-5-3-12(4-6-13)15(17)18/h2-6,14H,1,7-11H2,(H,17,18). The first-order valence-electron chi connectivity index (χ1n) is 6.51. The lowest BCUT2D eigenvalue weighted by molar-refractivity contribution is 0.0563. The monoisotopic (exact) mass is 261 g/mol. The first kappa shape index (κ1) is 13.6. The zero-order chi connectivity index (χ0) is 13.7. The van der Waals surface area contributed by atoms with Crippen LogP contribution in [0.1, 0.15) is 23.2 Å². The number of anilines is 1. The molecule has 1 aromatic rings. The predicted octanol–water partition coefficient (Wildman–Crippen LogP) is 2.56. The minimum Gasteiger partial charge on any atom is -0.478 e. The highest BCUT2D eigenvalue weighted by Crippen LogP contribution is 2.21. The molecule has 0 amide bonds. The minimum atomic E-state index is -0.886. The Labute approximate surface area is 113 Å². The second-order valence-corrected chi connectivity index (χ2v) is 4.66. The molecule has 4 heteroatoms. The molecule has 1 N–H and O–H groups in total. The van der Waals surface area contributed by atoms with Gasteiger partial charge in [0.1, 0.15) is 0 Å². The van der Waals surface area contributed by atoms with Gasteiger partial charge in [0.2, 0.25) is 0 Å². The number of nitrogens with zero attached hydrogens (tertiary/aromatic N) is 1. The lowest BCUT2D eigenvalue weighted by atomic mass is 10.1. The molecular formula is C15H19NO3. The van der Waals surface area contributed by atoms with Crippen molar-refractivity contribution in [3.05, 3.63) is 42.5 Å². The van der Waals surface area contributed by atoms with E-state index in [2.05, 4.69) is 11.5 Å². The summed E-state index contributed by atoms with van der Waals surface area (Å²) in [4.78, 5) is 13.1. The van der Waals surface area contributed by atoms with Gasteiger partial charge in [0.15, 0.2) is 0 Å². The number of carboxylic acids is 1. The highest BCUT2D eigenvalue weighted by molar-refractivity contribution is 5.88. The Bertz CT molecular complexity index is 433. The third-order valence-electron chi connectivity index (χ3n) is 3.37. The van der Waals surface area contributed by atoms with Crippen molar-refractivity contribution < 1.29 is 14.6 Å². The maximum atomic E-state index is 10.8. The van der Waals surface area contributed by atoms with Gasteiger partial charge in [0, 0.05) is 18.8 Å². The van der Waals surface area contributed by atoms with Crippen molar-refractivity contribution in [2.24, 2.45) is 0 Å². The van der Waals surface area contributed by atoms with Gasteiger partial charge < -0.3 is 14.7 Å². The van der Waals surface area contributed by atoms with Gasteiger partial charge in [-0.05, 0) is 37.1 Å². The third-order valence-corrected chi connectivity index (χ3v) is 3.37. The van der Waals surface area contributed by atoms with Crippen LogP contribution >= 0.6 is 0 Å². The minimum absolute atomic E-state index is 0.313. The molecule has 1 aromatic carbocycles. The average Bonchev–Trinajstić information content (AvgIpc) is 2.46. The number of hydrogen-bond acceptors (Lipinski definition) is 3. The molecule has 0 radical (unpaired) electrons. The molecule has 1 aliphatic heterocycles. The summed E-state index contributed by atoms with van der Waals surface area (Å²) in [5.74, 6) is -0.886. The van der Waals surface area contributed by atoms with Crippen molar-refractivity contribution in [1.29, 1.82) is 0 Å². The predicted molar refractivity (Wildman–Crippen MR) is 74.8 cm³/mol. The van der Waals surface area contributed by atoms with Crippen molar-refractivity contribution >= 4 is 11.7 Å². The van der Waals surface area contributed by atoms with Gasteiger partial charge in [-0.15, -0.1) is 6.58 Å². The lowest BCUT2D eigenvalue weighted by Crippen LogP contribution is -2.37. The van der Waals surface area contributed by atoms with Gasteiger partial charge in [0.25, 0.3) is 0 Å². The summed E-state index contributed by atoms with van der Waals surface area (Å²) in [6.45, 7) is 6.13. The van der Waals surface area contributed by atoms with Crippen molar-refractivity contribution in [2.45, 2.75) is 18.9 Å². The summed E-state index contributed by atoms with van der Waals surface area (Å²) in [6, 6.07) is 7.04. The zero-order valence-corrected chi connectivity index (χ0v) is 10.9. The van der Waals surface area contributed by atoms with Crippen LogP contribution in [-0.2, 0) is 4.74 Å². The van der Waals surface area contributed by atoms with Crippen LogP contribution in [0.4, 0.5) is 5.69 Å². The fraction of sp³-hybridized carbons (Fsp3) is 0.400. The Hall–Kier alpha value is -1.81. The van der Waals surface area contributed by atoms with E-state index in [-0.39, 0.29) is 0 Å². The number of aromatic carboxylic acids is 1. The zero-order valence-electron chi connectivity index (χ0n) is 10.9. The average molecular weight is 261 g/mol. The van der Waals surface area contributed by atoms with E-state index in [1.165, 1.54) is 0 Å². The van der Waals surface area contributed by atoms with E-state index in [0.717, 1.165) is 31.6 Å². The first-order valence-corrected chi connectivity index (χ1v) is 6.51. The van der Waals surface area contributed by atoms with Gasteiger partial charge in [-0.2, -0.15) is 0 Å². The van der Waals surface area contributed by atoms with E-state index < -0.39 is 5.97 Å². The van der Waals surface area contributed by atoms with Crippen LogP contribution in [0.25, 0.3) is 0 Å². The second kappa shape index (κ2) is 6.38. The van der Waals surface area contributed by atoms with Crippen LogP contribution in [0, 0.1) is 0 Å². The van der Waals surface area contributed by atoms with E-state index in [1.54, 1.807) is 18.2 Å². The van der Waals surface area contributed by atoms with Gasteiger partial charge in [-0.3, -0.25) is 0 Å². The maximum absolute atomic E-state index is 10.8. The lowest BCUT2D eigenvalue weighted by Gasteiger charge is -2.33. The topological polar surface area (TPSA) is 49.8 Å². The molecule has 1 saturated heterocycles. The first-order chi connectivity index (χ1) is 9.20. The van der Waals surface area contributed by atoms with Gasteiger partial charge >= 0.3 is 5.97 Å². The number of hydrogen-bond donors (Lipinski definition) is 1. The number of benzene rings is 1. The summed E-state index contributed by atoms with van der Waals surface area (Å²) >= 11 is 0. The molecule has 19 heavy (non-hydrogen) atoms. The molecule has 0 aliphatic carbocycles. The number of carbonyl (C=O) groups is 1. The van der Waals surface area contributed by atoms with Crippen molar-refractivity contribution in [2.75, 3.05) is 24.6 Å². The molecule has 1 heterocycles. The van der Waals surface area contributed by atoms with Gasteiger partial charge in [0.05, 0.1) is 18.3 Å². The molecule has 0 saturated carbocycles. The smallest absolute Gasteiger partial charge is 0.335 e. The van der Waals surface area contributed by atoms with Crippen molar-refractivity contribution in [3.63, 3.8) is 0 Å². The van der Waals surface area contributed by atoms with E-state index in [1.807, 2.05) is 12.1 Å². The van der Waals surface area contributed by atoms with Crippen LogP contribution in [0.5, 0.6) is 0 Å². The highest BCUT2D eigenvalue weighted by Gasteiger charge is 2.19. The normalized spacial score (nSPS) is 16.3. The Kier molecular flexibility index (Phi) is 4.58. The van der Waals surface area contributed by atoms with E-state index >= 15 is 0 Å². The molecule has 1 aliphatic rings. The second-order valence-electron chi connectivity index (χ2n) is 4.66. The quantitative estimate of drug-likeness (QED) is 0.828. The summed E-state index contributed by atoms with van der Waals surface area (Å²) in [6.07, 6.45) is 4.08. The summed E-state index contributed by atoms with van der Waals surface area (Å²) < 4.78 is 5.64. The van der Waals surface area contributed by atoms with Gasteiger partial charge in [-0.25, -0.2) is 4.79 Å². The van der Waals surface area contributed by atoms with Crippen molar-refractivity contribution in [1.82, 2.24) is 0 Å². The SMILES string of the molecule is C=CCOC1CCN(c2ccc(C(=O)O)cc2)CC1. The molecule has 1 fully saturated rings. The van der Waals surface area contributed by atoms with Crippen LogP contribution in [-0.4, -0.2) is 36.9 Å². The van der Waals surface area contributed by atoms with Gasteiger partial charge in [-0.1, -0.05) is 6.08 Å². The number of ether oxygens (including phenoxy) is 1. The molecule has 2 rings (SSSR count). The fourth-order valence-corrected chi connectivity index (χ4v) is 2.30. The fourth-order valence-electron chi connectivity index (χ4n) is 2.30. The Morgan fingerprint density at radius 1 is 1.37 bits per heavy atom. The van der Waals surface area contributed by atoms with Crippen LogP contribution in [0.3, 0.4) is 0 Å². The molecule has 4 nitrogen and oxygen atoms in total. The largest absolute Gasteiger partial charge is 0.478 e.